The number of rotatable bonds is 4. The Balaban J connectivity index is 1.48. The monoisotopic (exact) mass is 524 g/mol. The highest BCUT2D eigenvalue weighted by molar-refractivity contribution is 9.10. The molecular formula is C23H30BrFN4O2S. The molecule has 9 heteroatoms. The van der Waals surface area contributed by atoms with Gasteiger partial charge in [-0.2, -0.15) is 4.98 Å². The first kappa shape index (κ1) is 22.3. The second kappa shape index (κ2) is 7.52. The van der Waals surface area contributed by atoms with Gasteiger partial charge in [0.1, 0.15) is 11.3 Å². The zero-order valence-corrected chi connectivity index (χ0v) is 21.2. The van der Waals surface area contributed by atoms with Crippen LogP contribution in [0, 0.1) is 17.2 Å². The van der Waals surface area contributed by atoms with Crippen LogP contribution in [0.1, 0.15) is 52.9 Å². The van der Waals surface area contributed by atoms with Crippen molar-refractivity contribution in [2.24, 2.45) is 11.3 Å². The van der Waals surface area contributed by atoms with Crippen LogP contribution >= 0.6 is 15.9 Å². The Morgan fingerprint density at radius 3 is 2.72 bits per heavy atom. The molecule has 0 amide bonds. The molecule has 1 aromatic heterocycles. The van der Waals surface area contributed by atoms with Crippen LogP contribution in [0.25, 0.3) is 10.9 Å². The molecule has 0 radical (unpaired) electrons. The number of piperidine rings is 1. The summed E-state index contributed by atoms with van der Waals surface area (Å²) in [5.41, 5.74) is 0.587. The molecule has 1 saturated carbocycles. The maximum Gasteiger partial charge on any atom is 0.225 e. The molecule has 2 bridgehead atoms. The summed E-state index contributed by atoms with van der Waals surface area (Å²) in [5.74, 6) is 1.25. The molecule has 2 aliphatic heterocycles. The summed E-state index contributed by atoms with van der Waals surface area (Å²) in [6.07, 6.45) is 4.67. The smallest absolute Gasteiger partial charge is 0.225 e. The quantitative estimate of drug-likeness (QED) is 0.611. The van der Waals surface area contributed by atoms with Crippen LogP contribution < -0.4 is 10.2 Å². The Labute approximate surface area is 197 Å². The highest BCUT2D eigenvalue weighted by Crippen LogP contribution is 2.55. The average molecular weight is 525 g/mol. The summed E-state index contributed by atoms with van der Waals surface area (Å²) in [6, 6.07) is 3.62. The lowest BCUT2D eigenvalue weighted by Crippen LogP contribution is -2.43. The summed E-state index contributed by atoms with van der Waals surface area (Å²) < 4.78 is 39.5. The van der Waals surface area contributed by atoms with Gasteiger partial charge in [-0.25, -0.2) is 17.8 Å². The highest BCUT2D eigenvalue weighted by Gasteiger charge is 2.54. The van der Waals surface area contributed by atoms with Crippen molar-refractivity contribution in [3.63, 3.8) is 0 Å². The molecule has 174 valence electrons. The van der Waals surface area contributed by atoms with Crippen molar-refractivity contribution < 1.29 is 12.8 Å². The van der Waals surface area contributed by atoms with Crippen molar-refractivity contribution in [3.8, 4) is 0 Å². The molecule has 3 fully saturated rings. The van der Waals surface area contributed by atoms with E-state index in [1.807, 2.05) is 6.07 Å². The minimum absolute atomic E-state index is 0.0179. The number of aromatic nitrogens is 2. The van der Waals surface area contributed by atoms with Crippen LogP contribution in [-0.4, -0.2) is 48.0 Å². The number of anilines is 2. The SMILES string of the molecule is C[C@@H]1C[C@@H](CNc2nc(N3CC4(C)CCC3(C)C4)c3ccc(Br)c(F)c3n2)CCS1(=O)=O. The molecule has 1 aliphatic carbocycles. The Hall–Kier alpha value is -1.48. The van der Waals surface area contributed by atoms with Gasteiger partial charge >= 0.3 is 0 Å². The first-order valence-corrected chi connectivity index (χ1v) is 13.9. The van der Waals surface area contributed by atoms with Crippen LogP contribution in [0.15, 0.2) is 16.6 Å². The molecule has 3 aliphatic rings. The summed E-state index contributed by atoms with van der Waals surface area (Å²) in [7, 11) is -2.97. The third-order valence-electron chi connectivity index (χ3n) is 7.90. The topological polar surface area (TPSA) is 75.2 Å². The van der Waals surface area contributed by atoms with Crippen molar-refractivity contribution in [1.29, 1.82) is 0 Å². The fourth-order valence-corrected chi connectivity index (χ4v) is 7.98. The van der Waals surface area contributed by atoms with Gasteiger partial charge in [0.2, 0.25) is 5.95 Å². The van der Waals surface area contributed by atoms with Crippen molar-refractivity contribution in [3.05, 3.63) is 22.4 Å². The number of hydrogen-bond donors (Lipinski definition) is 1. The van der Waals surface area contributed by atoms with Crippen LogP contribution in [0.4, 0.5) is 16.2 Å². The molecule has 2 unspecified atom stereocenters. The first-order chi connectivity index (χ1) is 15.0. The Kier molecular flexibility index (Phi) is 5.24. The zero-order valence-electron chi connectivity index (χ0n) is 18.8. The molecule has 1 N–H and O–H groups in total. The van der Waals surface area contributed by atoms with Crippen LogP contribution in [0.2, 0.25) is 0 Å². The molecule has 2 aromatic rings. The number of hydrogen-bond acceptors (Lipinski definition) is 6. The fraction of sp³-hybridized carbons (Fsp3) is 0.652. The van der Waals surface area contributed by atoms with Gasteiger partial charge in [-0.1, -0.05) is 6.92 Å². The summed E-state index contributed by atoms with van der Waals surface area (Å²) in [4.78, 5) is 11.8. The number of halogens is 2. The van der Waals surface area contributed by atoms with Gasteiger partial charge in [-0.15, -0.1) is 0 Å². The third kappa shape index (κ3) is 3.69. The Morgan fingerprint density at radius 1 is 1.28 bits per heavy atom. The maximum absolute atomic E-state index is 15.1. The van der Waals surface area contributed by atoms with Gasteiger partial charge in [0.15, 0.2) is 15.7 Å². The lowest BCUT2D eigenvalue weighted by Gasteiger charge is -2.38. The van der Waals surface area contributed by atoms with Crippen LogP contribution in [-0.2, 0) is 9.84 Å². The van der Waals surface area contributed by atoms with E-state index in [0.29, 0.717) is 35.3 Å². The highest BCUT2D eigenvalue weighted by atomic mass is 79.9. The maximum atomic E-state index is 15.1. The molecule has 1 aromatic carbocycles. The van der Waals surface area contributed by atoms with Gasteiger partial charge in [0, 0.05) is 24.0 Å². The lowest BCUT2D eigenvalue weighted by molar-refractivity contribution is 0.366. The second-order valence-electron chi connectivity index (χ2n) is 10.6. The average Bonchev–Trinajstić information content (AvgIpc) is 3.19. The van der Waals surface area contributed by atoms with Crippen LogP contribution in [0.5, 0.6) is 0 Å². The molecular weight excluding hydrogens is 495 g/mol. The number of benzene rings is 1. The molecule has 32 heavy (non-hydrogen) atoms. The normalized spacial score (nSPS) is 33.7. The van der Waals surface area contributed by atoms with Crippen molar-refractivity contribution in [2.45, 2.75) is 63.7 Å². The van der Waals surface area contributed by atoms with E-state index in [1.54, 1.807) is 13.0 Å². The minimum atomic E-state index is -2.97. The number of nitrogens with one attached hydrogen (secondary N) is 1. The van der Waals surface area contributed by atoms with E-state index in [4.69, 9.17) is 4.98 Å². The standard InChI is InChI=1S/C23H30BrFN4O2S/c1-14-10-15(6-9-32(14,30)31)11-26-21-27-19-16(4-5-17(24)18(19)25)20(28-21)29-13-22(2)7-8-23(29,3)12-22/h4-5,14-15H,6-13H2,1-3H3,(H,26,27,28)/t14-,15+,22?,23?/m1/s1. The Bertz CT molecular complexity index is 1190. The summed E-state index contributed by atoms with van der Waals surface area (Å²) >= 11 is 3.29. The predicted molar refractivity (Wildman–Crippen MR) is 129 cm³/mol. The lowest BCUT2D eigenvalue weighted by atomic mass is 9.90. The van der Waals surface area contributed by atoms with E-state index in [0.717, 1.165) is 30.6 Å². The van der Waals surface area contributed by atoms with Crippen molar-refractivity contribution >= 4 is 48.4 Å². The van der Waals surface area contributed by atoms with Crippen molar-refractivity contribution in [2.75, 3.05) is 29.1 Å². The van der Waals surface area contributed by atoms with Gasteiger partial charge < -0.3 is 10.2 Å². The van der Waals surface area contributed by atoms with E-state index >= 15 is 4.39 Å². The Morgan fingerprint density at radius 2 is 2.06 bits per heavy atom. The van der Waals surface area contributed by atoms with E-state index < -0.39 is 9.84 Å². The van der Waals surface area contributed by atoms with Gasteiger partial charge in [0.05, 0.1) is 15.5 Å². The van der Waals surface area contributed by atoms with Gasteiger partial charge in [0.25, 0.3) is 0 Å². The van der Waals surface area contributed by atoms with Gasteiger partial charge in [-0.05, 0) is 85.3 Å². The molecule has 2 saturated heterocycles. The molecule has 4 atom stereocenters. The molecule has 3 heterocycles. The van der Waals surface area contributed by atoms with Crippen LogP contribution in [0.3, 0.4) is 0 Å². The number of sulfone groups is 1. The molecule has 6 nitrogen and oxygen atoms in total. The van der Waals surface area contributed by atoms with E-state index in [2.05, 4.69) is 45.0 Å². The largest absolute Gasteiger partial charge is 0.354 e. The predicted octanol–water partition coefficient (Wildman–Crippen LogP) is 4.93. The minimum Gasteiger partial charge on any atom is -0.354 e. The first-order valence-electron chi connectivity index (χ1n) is 11.4. The molecule has 0 spiro atoms. The second-order valence-corrected chi connectivity index (χ2v) is 14.0. The van der Waals surface area contributed by atoms with Crippen molar-refractivity contribution in [1.82, 2.24) is 9.97 Å². The van der Waals surface area contributed by atoms with E-state index in [9.17, 15) is 8.42 Å². The fourth-order valence-electron chi connectivity index (χ4n) is 6.03. The van der Waals surface area contributed by atoms with Gasteiger partial charge in [-0.3, -0.25) is 0 Å². The number of fused-ring (bicyclic) bond motifs is 3. The molecule has 5 rings (SSSR count). The number of nitrogens with zero attached hydrogens (tertiary/aromatic N) is 3. The zero-order chi connectivity index (χ0) is 22.9. The third-order valence-corrected chi connectivity index (χ3v) is 10.7. The van der Waals surface area contributed by atoms with E-state index in [-0.39, 0.29) is 33.7 Å². The summed E-state index contributed by atoms with van der Waals surface area (Å²) in [5, 5.41) is 3.70. The van der Waals surface area contributed by atoms with E-state index in [1.165, 1.54) is 6.42 Å². The summed E-state index contributed by atoms with van der Waals surface area (Å²) in [6.45, 7) is 7.88.